The lowest BCUT2D eigenvalue weighted by molar-refractivity contribution is 1.07. The monoisotopic (exact) mass is 351 g/mol. The van der Waals surface area contributed by atoms with Crippen LogP contribution in [0.25, 0.3) is 27.7 Å². The average molecular weight is 351 g/mol. The highest BCUT2D eigenvalue weighted by molar-refractivity contribution is 5.96. The smallest absolute Gasteiger partial charge is 0.180 e. The Morgan fingerprint density at radius 1 is 0.852 bits per heavy atom. The van der Waals surface area contributed by atoms with Crippen molar-refractivity contribution in [1.29, 1.82) is 0 Å². The van der Waals surface area contributed by atoms with E-state index in [0.29, 0.717) is 6.54 Å². The number of rotatable bonds is 4. The molecule has 5 rings (SSSR count). The predicted molar refractivity (Wildman–Crippen MR) is 107 cm³/mol. The van der Waals surface area contributed by atoms with E-state index in [1.807, 2.05) is 24.5 Å². The maximum absolute atomic E-state index is 4.64. The summed E-state index contributed by atoms with van der Waals surface area (Å²) in [5.74, 6) is 0.765. The summed E-state index contributed by atoms with van der Waals surface area (Å²) in [6.45, 7) is 0.672. The molecule has 0 radical (unpaired) electrons. The van der Waals surface area contributed by atoms with Gasteiger partial charge in [0.1, 0.15) is 0 Å². The van der Waals surface area contributed by atoms with Crippen molar-refractivity contribution in [2.24, 2.45) is 0 Å². The van der Waals surface area contributed by atoms with Crippen molar-refractivity contribution < 1.29 is 0 Å². The lowest BCUT2D eigenvalue weighted by atomic mass is 10.0. The summed E-state index contributed by atoms with van der Waals surface area (Å²) >= 11 is 0. The van der Waals surface area contributed by atoms with Crippen LogP contribution in [0.1, 0.15) is 5.56 Å². The van der Waals surface area contributed by atoms with Crippen molar-refractivity contribution in [3.8, 4) is 11.3 Å². The van der Waals surface area contributed by atoms with Crippen LogP contribution < -0.4 is 5.32 Å². The standard InChI is InChI=1S/C22H17N5/c1-2-6-18-17(4-1)5-3-7-19(18)20-15-26-22-21(24-12-13-27(20)22)25-14-16-8-10-23-11-9-16/h1-13,15H,14H2,(H,24,25). The van der Waals surface area contributed by atoms with Gasteiger partial charge in [-0.05, 0) is 28.5 Å². The molecule has 0 spiro atoms. The maximum Gasteiger partial charge on any atom is 0.180 e. The molecule has 0 aliphatic carbocycles. The third-order valence-corrected chi connectivity index (χ3v) is 4.70. The van der Waals surface area contributed by atoms with Crippen LogP contribution in [-0.2, 0) is 6.54 Å². The van der Waals surface area contributed by atoms with Crippen molar-refractivity contribution in [2.75, 3.05) is 5.32 Å². The first-order valence-electron chi connectivity index (χ1n) is 8.83. The Bertz CT molecular complexity index is 1220. The Balaban J connectivity index is 1.57. The van der Waals surface area contributed by atoms with Gasteiger partial charge in [0.25, 0.3) is 0 Å². The topological polar surface area (TPSA) is 55.1 Å². The molecule has 0 fully saturated rings. The van der Waals surface area contributed by atoms with Crippen LogP contribution in [-0.4, -0.2) is 19.4 Å². The number of hydrogen-bond acceptors (Lipinski definition) is 4. The molecule has 0 amide bonds. The highest BCUT2D eigenvalue weighted by Crippen LogP contribution is 2.30. The van der Waals surface area contributed by atoms with E-state index in [0.717, 1.165) is 28.3 Å². The quantitative estimate of drug-likeness (QED) is 0.516. The van der Waals surface area contributed by atoms with Crippen molar-refractivity contribution in [2.45, 2.75) is 6.54 Å². The summed E-state index contributed by atoms with van der Waals surface area (Å²) in [6.07, 6.45) is 9.25. The van der Waals surface area contributed by atoms with Crippen molar-refractivity contribution >= 4 is 22.2 Å². The predicted octanol–water partition coefficient (Wildman–Crippen LogP) is 4.56. The summed E-state index contributed by atoms with van der Waals surface area (Å²) in [7, 11) is 0. The number of benzene rings is 2. The zero-order valence-corrected chi connectivity index (χ0v) is 14.6. The van der Waals surface area contributed by atoms with Crippen LogP contribution in [0.3, 0.4) is 0 Å². The van der Waals surface area contributed by atoms with Crippen molar-refractivity contribution in [3.05, 3.63) is 91.1 Å². The van der Waals surface area contributed by atoms with E-state index in [2.05, 4.69) is 67.1 Å². The van der Waals surface area contributed by atoms with Gasteiger partial charge >= 0.3 is 0 Å². The van der Waals surface area contributed by atoms with Gasteiger partial charge in [-0.25, -0.2) is 9.97 Å². The molecule has 1 N–H and O–H groups in total. The van der Waals surface area contributed by atoms with Crippen molar-refractivity contribution in [1.82, 2.24) is 19.4 Å². The first-order chi connectivity index (χ1) is 13.4. The highest BCUT2D eigenvalue weighted by Gasteiger charge is 2.12. The van der Waals surface area contributed by atoms with Gasteiger partial charge in [-0.15, -0.1) is 0 Å². The maximum atomic E-state index is 4.64. The average Bonchev–Trinajstić information content (AvgIpc) is 3.17. The Labute approximate surface area is 156 Å². The molecule has 130 valence electrons. The molecule has 5 nitrogen and oxygen atoms in total. The minimum Gasteiger partial charge on any atom is -0.363 e. The summed E-state index contributed by atoms with van der Waals surface area (Å²) in [5, 5.41) is 5.81. The summed E-state index contributed by atoms with van der Waals surface area (Å²) < 4.78 is 2.09. The van der Waals surface area contributed by atoms with Gasteiger partial charge in [0, 0.05) is 36.9 Å². The molecule has 5 heteroatoms. The van der Waals surface area contributed by atoms with Crippen LogP contribution in [0.5, 0.6) is 0 Å². The van der Waals surface area contributed by atoms with Gasteiger partial charge in [-0.2, -0.15) is 0 Å². The Morgan fingerprint density at radius 2 is 1.70 bits per heavy atom. The molecule has 0 aliphatic rings. The Morgan fingerprint density at radius 3 is 2.63 bits per heavy atom. The Kier molecular flexibility index (Phi) is 3.76. The molecule has 0 saturated carbocycles. The molecule has 3 aromatic heterocycles. The molecule has 0 aliphatic heterocycles. The van der Waals surface area contributed by atoms with E-state index in [-0.39, 0.29) is 0 Å². The molecule has 0 bridgehead atoms. The summed E-state index contributed by atoms with van der Waals surface area (Å²) in [5.41, 5.74) is 4.17. The van der Waals surface area contributed by atoms with Crippen LogP contribution in [0, 0.1) is 0 Å². The van der Waals surface area contributed by atoms with Gasteiger partial charge in [0.2, 0.25) is 0 Å². The lowest BCUT2D eigenvalue weighted by Crippen LogP contribution is -2.04. The van der Waals surface area contributed by atoms with E-state index in [4.69, 9.17) is 0 Å². The molecule has 0 saturated heterocycles. The third-order valence-electron chi connectivity index (χ3n) is 4.70. The van der Waals surface area contributed by atoms with Gasteiger partial charge < -0.3 is 5.32 Å². The van der Waals surface area contributed by atoms with Crippen LogP contribution in [0.2, 0.25) is 0 Å². The zero-order valence-electron chi connectivity index (χ0n) is 14.6. The van der Waals surface area contributed by atoms with E-state index >= 15 is 0 Å². The fraction of sp³-hybridized carbons (Fsp3) is 0.0455. The van der Waals surface area contributed by atoms with E-state index in [9.17, 15) is 0 Å². The number of anilines is 1. The summed E-state index contributed by atoms with van der Waals surface area (Å²) in [6, 6.07) is 18.7. The second-order valence-corrected chi connectivity index (χ2v) is 6.35. The van der Waals surface area contributed by atoms with Gasteiger partial charge in [-0.3, -0.25) is 9.38 Å². The molecular formula is C22H17N5. The minimum atomic E-state index is 0.672. The van der Waals surface area contributed by atoms with E-state index in [1.165, 1.54) is 10.8 Å². The van der Waals surface area contributed by atoms with Gasteiger partial charge in [0.15, 0.2) is 11.5 Å². The molecule has 3 heterocycles. The zero-order chi connectivity index (χ0) is 18.1. The lowest BCUT2D eigenvalue weighted by Gasteiger charge is -2.09. The van der Waals surface area contributed by atoms with E-state index < -0.39 is 0 Å². The number of fused-ring (bicyclic) bond motifs is 2. The third kappa shape index (κ3) is 2.79. The van der Waals surface area contributed by atoms with E-state index in [1.54, 1.807) is 18.6 Å². The molecule has 2 aromatic carbocycles. The molecule has 27 heavy (non-hydrogen) atoms. The SMILES string of the molecule is c1ccc2c(-c3cnc4c(NCc5ccncc5)nccn34)cccc2c1. The molecule has 0 atom stereocenters. The van der Waals surface area contributed by atoms with Gasteiger partial charge in [-0.1, -0.05) is 42.5 Å². The summed E-state index contributed by atoms with van der Waals surface area (Å²) in [4.78, 5) is 13.2. The fourth-order valence-electron chi connectivity index (χ4n) is 3.38. The first-order valence-corrected chi connectivity index (χ1v) is 8.83. The van der Waals surface area contributed by atoms with Crippen LogP contribution in [0.15, 0.2) is 85.6 Å². The van der Waals surface area contributed by atoms with Crippen LogP contribution in [0.4, 0.5) is 5.82 Å². The van der Waals surface area contributed by atoms with Gasteiger partial charge in [0.05, 0.1) is 11.9 Å². The number of hydrogen-bond donors (Lipinski definition) is 1. The molecule has 0 unspecified atom stereocenters. The number of imidazole rings is 1. The van der Waals surface area contributed by atoms with Crippen molar-refractivity contribution in [3.63, 3.8) is 0 Å². The number of nitrogens with one attached hydrogen (secondary N) is 1. The number of pyridine rings is 1. The number of aromatic nitrogens is 4. The Hall–Kier alpha value is -3.73. The second-order valence-electron chi connectivity index (χ2n) is 6.35. The van der Waals surface area contributed by atoms with Crippen LogP contribution >= 0.6 is 0 Å². The normalized spacial score (nSPS) is 11.1. The minimum absolute atomic E-state index is 0.672. The molecule has 5 aromatic rings. The molecular weight excluding hydrogens is 334 g/mol. The largest absolute Gasteiger partial charge is 0.363 e. The fourth-order valence-corrected chi connectivity index (χ4v) is 3.38. The number of nitrogens with zero attached hydrogens (tertiary/aromatic N) is 4. The second kappa shape index (κ2) is 6.53. The first kappa shape index (κ1) is 15.5. The highest BCUT2D eigenvalue weighted by atomic mass is 15.1.